The van der Waals surface area contributed by atoms with Crippen LogP contribution < -0.4 is 0 Å². The molecule has 1 aliphatic rings. The lowest BCUT2D eigenvalue weighted by atomic mass is 10.0. The molecule has 0 saturated carbocycles. The highest BCUT2D eigenvalue weighted by Gasteiger charge is 2.38. The van der Waals surface area contributed by atoms with Gasteiger partial charge in [-0.25, -0.2) is 4.79 Å². The van der Waals surface area contributed by atoms with Gasteiger partial charge in [0.25, 0.3) is 0 Å². The molecule has 1 saturated heterocycles. The van der Waals surface area contributed by atoms with E-state index in [1.807, 2.05) is 31.2 Å². The second kappa shape index (κ2) is 7.18. The van der Waals surface area contributed by atoms with Gasteiger partial charge < -0.3 is 10.0 Å². The van der Waals surface area contributed by atoms with Crippen LogP contribution in [0.4, 0.5) is 0 Å². The number of carboxylic acid groups (broad SMARTS) is 1. The van der Waals surface area contributed by atoms with Crippen LogP contribution in [0, 0.1) is 5.92 Å². The first-order chi connectivity index (χ1) is 10.0. The lowest BCUT2D eigenvalue weighted by Gasteiger charge is -2.23. The van der Waals surface area contributed by atoms with Gasteiger partial charge in [-0.15, -0.1) is 11.8 Å². The van der Waals surface area contributed by atoms with E-state index in [1.54, 1.807) is 0 Å². The third kappa shape index (κ3) is 3.92. The van der Waals surface area contributed by atoms with Crippen LogP contribution in [0.1, 0.15) is 19.8 Å². The van der Waals surface area contributed by atoms with Crippen LogP contribution in [0.5, 0.6) is 0 Å². The van der Waals surface area contributed by atoms with Gasteiger partial charge in [0.2, 0.25) is 5.91 Å². The number of halogens is 1. The van der Waals surface area contributed by atoms with Crippen molar-refractivity contribution < 1.29 is 14.7 Å². The molecule has 0 bridgehead atoms. The Morgan fingerprint density at radius 3 is 2.81 bits per heavy atom. The largest absolute Gasteiger partial charge is 0.480 e. The van der Waals surface area contributed by atoms with Gasteiger partial charge >= 0.3 is 5.97 Å². The Balaban J connectivity index is 1.88. The minimum Gasteiger partial charge on any atom is -0.480 e. The highest BCUT2D eigenvalue weighted by atomic mass is 35.5. The Morgan fingerprint density at radius 1 is 1.43 bits per heavy atom. The van der Waals surface area contributed by atoms with E-state index >= 15 is 0 Å². The molecule has 0 spiro atoms. The first kappa shape index (κ1) is 16.2. The molecule has 6 heteroatoms. The van der Waals surface area contributed by atoms with Gasteiger partial charge in [-0.3, -0.25) is 4.79 Å². The number of nitrogens with zero attached hydrogens (tertiary/aromatic N) is 1. The standard InChI is InChI=1S/C15H18ClNO3S/c1-10-6-8-17(14(10)15(19)20)13(18)7-9-21-12-5-3-2-4-11(12)16/h2-5,10,14H,6-9H2,1H3,(H,19,20). The summed E-state index contributed by atoms with van der Waals surface area (Å²) in [6.45, 7) is 2.41. The molecule has 0 radical (unpaired) electrons. The predicted molar refractivity (Wildman–Crippen MR) is 83.7 cm³/mol. The molecule has 1 amide bonds. The van der Waals surface area contributed by atoms with E-state index in [4.69, 9.17) is 11.6 Å². The van der Waals surface area contributed by atoms with Crippen LogP contribution in [0.15, 0.2) is 29.2 Å². The molecule has 1 N–H and O–H groups in total. The molecule has 0 aliphatic carbocycles. The summed E-state index contributed by atoms with van der Waals surface area (Å²) >= 11 is 7.57. The summed E-state index contributed by atoms with van der Waals surface area (Å²) < 4.78 is 0. The average molecular weight is 328 g/mol. The Bertz CT molecular complexity index is 537. The van der Waals surface area contributed by atoms with Crippen LogP contribution >= 0.6 is 23.4 Å². The summed E-state index contributed by atoms with van der Waals surface area (Å²) in [5, 5.41) is 9.90. The number of hydrogen-bond donors (Lipinski definition) is 1. The quantitative estimate of drug-likeness (QED) is 0.844. The number of hydrogen-bond acceptors (Lipinski definition) is 3. The van der Waals surface area contributed by atoms with Gasteiger partial charge in [0.1, 0.15) is 6.04 Å². The normalized spacial score (nSPS) is 21.5. The number of likely N-dealkylation sites (tertiary alicyclic amines) is 1. The fourth-order valence-corrected chi connectivity index (χ4v) is 3.73. The Morgan fingerprint density at radius 2 is 2.14 bits per heavy atom. The lowest BCUT2D eigenvalue weighted by Crippen LogP contribution is -2.42. The van der Waals surface area contributed by atoms with Crippen molar-refractivity contribution in [3.63, 3.8) is 0 Å². The molecule has 1 aromatic rings. The third-order valence-corrected chi connectivity index (χ3v) is 5.20. The second-order valence-electron chi connectivity index (χ2n) is 5.17. The fourth-order valence-electron chi connectivity index (χ4n) is 2.56. The summed E-state index contributed by atoms with van der Waals surface area (Å²) in [5.41, 5.74) is 0. The smallest absolute Gasteiger partial charge is 0.326 e. The molecule has 21 heavy (non-hydrogen) atoms. The van der Waals surface area contributed by atoms with Crippen molar-refractivity contribution in [1.82, 2.24) is 4.90 Å². The number of thioether (sulfide) groups is 1. The van der Waals surface area contributed by atoms with Crippen LogP contribution in [0.2, 0.25) is 5.02 Å². The lowest BCUT2D eigenvalue weighted by molar-refractivity contribution is -0.149. The zero-order chi connectivity index (χ0) is 15.4. The first-order valence-electron chi connectivity index (χ1n) is 6.90. The molecule has 1 aromatic carbocycles. The molecule has 1 heterocycles. The van der Waals surface area contributed by atoms with Crippen LogP contribution in [-0.4, -0.2) is 40.2 Å². The van der Waals surface area contributed by atoms with Gasteiger partial charge in [-0.05, 0) is 24.5 Å². The topological polar surface area (TPSA) is 57.6 Å². The van der Waals surface area contributed by atoms with Gasteiger partial charge in [0.05, 0.1) is 5.02 Å². The summed E-state index contributed by atoms with van der Waals surface area (Å²) in [6.07, 6.45) is 1.08. The number of rotatable bonds is 5. The fraction of sp³-hybridized carbons (Fsp3) is 0.467. The number of amides is 1. The van der Waals surface area contributed by atoms with E-state index in [0.717, 1.165) is 11.3 Å². The van der Waals surface area contributed by atoms with E-state index in [-0.39, 0.29) is 11.8 Å². The summed E-state index contributed by atoms with van der Waals surface area (Å²) in [4.78, 5) is 25.9. The minimum absolute atomic E-state index is 0.0164. The van der Waals surface area contributed by atoms with Crippen molar-refractivity contribution in [2.45, 2.75) is 30.7 Å². The molecule has 0 aromatic heterocycles. The van der Waals surface area contributed by atoms with E-state index in [9.17, 15) is 14.7 Å². The van der Waals surface area contributed by atoms with Crippen molar-refractivity contribution in [3.05, 3.63) is 29.3 Å². The van der Waals surface area contributed by atoms with Crippen molar-refractivity contribution in [3.8, 4) is 0 Å². The molecule has 2 rings (SSSR count). The van der Waals surface area contributed by atoms with Crippen LogP contribution in [-0.2, 0) is 9.59 Å². The number of carbonyl (C=O) groups excluding carboxylic acids is 1. The number of benzene rings is 1. The zero-order valence-corrected chi connectivity index (χ0v) is 13.4. The molecule has 2 atom stereocenters. The Kier molecular flexibility index (Phi) is 5.53. The van der Waals surface area contributed by atoms with Crippen molar-refractivity contribution >= 4 is 35.2 Å². The van der Waals surface area contributed by atoms with Gasteiger partial charge in [0, 0.05) is 23.6 Å². The van der Waals surface area contributed by atoms with Crippen LogP contribution in [0.3, 0.4) is 0 Å². The first-order valence-corrected chi connectivity index (χ1v) is 8.26. The van der Waals surface area contributed by atoms with Gasteiger partial charge in [-0.2, -0.15) is 0 Å². The van der Waals surface area contributed by atoms with E-state index in [0.29, 0.717) is 23.7 Å². The van der Waals surface area contributed by atoms with Crippen LogP contribution in [0.25, 0.3) is 0 Å². The number of carbonyl (C=O) groups is 2. The number of aliphatic carboxylic acids is 1. The molecule has 114 valence electrons. The Hall–Kier alpha value is -1.20. The van der Waals surface area contributed by atoms with Crippen molar-refractivity contribution in [2.75, 3.05) is 12.3 Å². The number of carboxylic acids is 1. The maximum absolute atomic E-state index is 12.2. The monoisotopic (exact) mass is 327 g/mol. The summed E-state index contributed by atoms with van der Waals surface area (Å²) in [5.74, 6) is -0.388. The SMILES string of the molecule is CC1CCN(C(=O)CCSc2ccccc2Cl)C1C(=O)O. The van der Waals surface area contributed by atoms with E-state index in [2.05, 4.69) is 0 Å². The molecule has 1 fully saturated rings. The summed E-state index contributed by atoms with van der Waals surface area (Å²) in [6, 6.07) is 6.81. The highest BCUT2D eigenvalue weighted by Crippen LogP contribution is 2.28. The predicted octanol–water partition coefficient (Wildman–Crippen LogP) is 3.14. The maximum atomic E-state index is 12.2. The van der Waals surface area contributed by atoms with Crippen molar-refractivity contribution in [2.24, 2.45) is 5.92 Å². The van der Waals surface area contributed by atoms with Crippen molar-refractivity contribution in [1.29, 1.82) is 0 Å². The molecule has 1 aliphatic heterocycles. The molecule has 4 nitrogen and oxygen atoms in total. The zero-order valence-electron chi connectivity index (χ0n) is 11.8. The highest BCUT2D eigenvalue weighted by molar-refractivity contribution is 7.99. The second-order valence-corrected chi connectivity index (χ2v) is 6.71. The average Bonchev–Trinajstić information content (AvgIpc) is 2.83. The molecule has 2 unspecified atom stereocenters. The maximum Gasteiger partial charge on any atom is 0.326 e. The summed E-state index contributed by atoms with van der Waals surface area (Å²) in [7, 11) is 0. The molecular formula is C15H18ClNO3S. The van der Waals surface area contributed by atoms with Gasteiger partial charge in [-0.1, -0.05) is 30.7 Å². The van der Waals surface area contributed by atoms with E-state index < -0.39 is 12.0 Å². The third-order valence-electron chi connectivity index (χ3n) is 3.68. The minimum atomic E-state index is -0.910. The molecular weight excluding hydrogens is 310 g/mol. The van der Waals surface area contributed by atoms with Gasteiger partial charge in [0.15, 0.2) is 0 Å². The Labute approximate surface area is 133 Å². The van der Waals surface area contributed by atoms with E-state index in [1.165, 1.54) is 16.7 Å².